The molecule has 1 saturated heterocycles. The molecule has 0 aromatic carbocycles. The van der Waals surface area contributed by atoms with E-state index in [1.165, 1.54) is 0 Å². The fourth-order valence-electron chi connectivity index (χ4n) is 2.55. The summed E-state index contributed by atoms with van der Waals surface area (Å²) in [5, 5.41) is 19.9. The number of hydrogen-bond donors (Lipinski definition) is 2. The molecule has 0 spiro atoms. The zero-order valence-corrected chi connectivity index (χ0v) is 21.1. The molecule has 1 aliphatic heterocycles. The molecule has 1 heterocycles. The third-order valence-electron chi connectivity index (χ3n) is 6.48. The van der Waals surface area contributed by atoms with E-state index in [2.05, 4.69) is 67.7 Å². The van der Waals surface area contributed by atoms with Crippen LogP contribution in [0.4, 0.5) is 0 Å². The summed E-state index contributed by atoms with van der Waals surface area (Å²) in [5.74, 6) is 0. The zero-order valence-electron chi connectivity index (χ0n) is 19.1. The van der Waals surface area contributed by atoms with Gasteiger partial charge in [-0.1, -0.05) is 41.5 Å². The summed E-state index contributed by atoms with van der Waals surface area (Å²) in [6.07, 6.45) is -3.32. The van der Waals surface area contributed by atoms with E-state index in [-0.39, 0.29) is 10.1 Å². The number of rotatable bonds is 7. The van der Waals surface area contributed by atoms with Gasteiger partial charge in [0, 0.05) is 7.11 Å². The normalized spacial score (nSPS) is 29.2. The molecule has 8 heteroatoms. The molecule has 0 unspecified atom stereocenters. The summed E-state index contributed by atoms with van der Waals surface area (Å²) in [4.78, 5) is 0. The second-order valence-corrected chi connectivity index (χ2v) is 20.2. The maximum atomic E-state index is 10.4. The van der Waals surface area contributed by atoms with Crippen LogP contribution in [0.25, 0.3) is 0 Å². The number of hydrogen-bond acceptors (Lipinski definition) is 6. The van der Waals surface area contributed by atoms with Crippen LogP contribution in [0.1, 0.15) is 41.5 Å². The van der Waals surface area contributed by atoms with Gasteiger partial charge in [0.25, 0.3) is 0 Å². The molecular weight excluding hydrogens is 380 g/mol. The summed E-state index contributed by atoms with van der Waals surface area (Å²) < 4.78 is 24.8. The Bertz CT molecular complexity index is 484. The van der Waals surface area contributed by atoms with E-state index in [0.717, 1.165) is 0 Å². The first-order valence-electron chi connectivity index (χ1n) is 9.81. The summed E-state index contributed by atoms with van der Waals surface area (Å²) in [7, 11) is -2.73. The highest BCUT2D eigenvalue weighted by Gasteiger charge is 2.55. The quantitative estimate of drug-likeness (QED) is 0.612. The topological polar surface area (TPSA) is 77.4 Å². The first-order chi connectivity index (χ1) is 12.0. The van der Waals surface area contributed by atoms with Crippen molar-refractivity contribution in [1.82, 2.24) is 0 Å². The third kappa shape index (κ3) is 5.63. The van der Waals surface area contributed by atoms with Gasteiger partial charge < -0.3 is 28.5 Å². The minimum absolute atomic E-state index is 0.00556. The lowest BCUT2D eigenvalue weighted by atomic mass is 10.1. The van der Waals surface area contributed by atoms with Crippen molar-refractivity contribution in [3.63, 3.8) is 0 Å². The Morgan fingerprint density at radius 1 is 0.889 bits per heavy atom. The van der Waals surface area contributed by atoms with Crippen molar-refractivity contribution in [2.45, 2.75) is 109 Å². The predicted molar refractivity (Wildman–Crippen MR) is 113 cm³/mol. The maximum absolute atomic E-state index is 10.4. The number of aliphatic hydroxyl groups excluding tert-OH is 2. The van der Waals surface area contributed by atoms with Crippen LogP contribution >= 0.6 is 0 Å². The highest BCUT2D eigenvalue weighted by molar-refractivity contribution is 6.74. The first kappa shape index (κ1) is 25.2. The lowest BCUT2D eigenvalue weighted by molar-refractivity contribution is -0.164. The number of methoxy groups -OCH3 is 1. The van der Waals surface area contributed by atoms with Crippen LogP contribution in [0.2, 0.25) is 36.3 Å². The SMILES string of the molecule is CO[C@@H]1O[C@@H]([C@H](O)CO)[C@H](O[Si](C)(C)C(C)(C)C)[C@H]1O[Si](C)(C)C(C)(C)C. The molecule has 5 atom stereocenters. The molecule has 27 heavy (non-hydrogen) atoms. The van der Waals surface area contributed by atoms with Gasteiger partial charge in [-0.25, -0.2) is 0 Å². The highest BCUT2D eigenvalue weighted by Crippen LogP contribution is 2.44. The molecule has 0 amide bonds. The van der Waals surface area contributed by atoms with Gasteiger partial charge >= 0.3 is 0 Å². The van der Waals surface area contributed by atoms with Gasteiger partial charge in [0.05, 0.1) is 6.61 Å². The minimum Gasteiger partial charge on any atom is -0.408 e. The molecule has 0 aromatic rings. The van der Waals surface area contributed by atoms with E-state index < -0.39 is 53.9 Å². The standard InChI is InChI=1S/C19H42O6Si2/c1-18(2,3)26(8,9)24-15-14(13(21)12-20)23-17(22-7)16(15)25-27(10,11)19(4,5)6/h13-17,20-21H,12H2,1-11H3/t13-,14+,15+,16-,17-/m1/s1. The largest absolute Gasteiger partial charge is 0.408 e. The smallest absolute Gasteiger partial charge is 0.192 e. The molecule has 6 nitrogen and oxygen atoms in total. The van der Waals surface area contributed by atoms with Gasteiger partial charge in [-0.3, -0.25) is 0 Å². The van der Waals surface area contributed by atoms with Crippen molar-refractivity contribution >= 4 is 16.6 Å². The predicted octanol–water partition coefficient (Wildman–Crippen LogP) is 3.49. The van der Waals surface area contributed by atoms with Crippen molar-refractivity contribution in [3.05, 3.63) is 0 Å². The molecule has 0 aromatic heterocycles. The van der Waals surface area contributed by atoms with Gasteiger partial charge in [-0.15, -0.1) is 0 Å². The van der Waals surface area contributed by atoms with Crippen molar-refractivity contribution < 1.29 is 28.5 Å². The second kappa shape index (κ2) is 8.51. The van der Waals surface area contributed by atoms with Crippen LogP contribution in [0, 0.1) is 0 Å². The molecule has 0 aliphatic carbocycles. The number of aliphatic hydroxyl groups is 2. The Labute approximate surface area is 167 Å². The zero-order chi connectivity index (χ0) is 21.4. The molecule has 0 bridgehead atoms. The lowest BCUT2D eigenvalue weighted by Crippen LogP contribution is -2.55. The van der Waals surface area contributed by atoms with Gasteiger partial charge in [-0.05, 0) is 36.3 Å². The summed E-state index contributed by atoms with van der Waals surface area (Å²) in [5.41, 5.74) is 0. The molecule has 1 fully saturated rings. The Balaban J connectivity index is 3.28. The van der Waals surface area contributed by atoms with Crippen molar-refractivity contribution in [1.29, 1.82) is 0 Å². The van der Waals surface area contributed by atoms with Crippen LogP contribution in [0.3, 0.4) is 0 Å². The van der Waals surface area contributed by atoms with Crippen molar-refractivity contribution in [2.75, 3.05) is 13.7 Å². The van der Waals surface area contributed by atoms with Gasteiger partial charge in [0.2, 0.25) is 0 Å². The Hall–Kier alpha value is 0.194. The fraction of sp³-hybridized carbons (Fsp3) is 1.00. The number of ether oxygens (including phenoxy) is 2. The summed E-state index contributed by atoms with van der Waals surface area (Å²) in [6.45, 7) is 21.3. The van der Waals surface area contributed by atoms with Crippen LogP contribution in [0.15, 0.2) is 0 Å². The van der Waals surface area contributed by atoms with Crippen LogP contribution < -0.4 is 0 Å². The monoisotopic (exact) mass is 422 g/mol. The van der Waals surface area contributed by atoms with Gasteiger partial charge in [-0.2, -0.15) is 0 Å². The molecule has 2 N–H and O–H groups in total. The van der Waals surface area contributed by atoms with Crippen LogP contribution in [-0.2, 0) is 18.3 Å². The molecule has 0 radical (unpaired) electrons. The van der Waals surface area contributed by atoms with Crippen molar-refractivity contribution in [3.8, 4) is 0 Å². The highest BCUT2D eigenvalue weighted by atomic mass is 28.4. The van der Waals surface area contributed by atoms with E-state index in [1.807, 2.05) is 0 Å². The Morgan fingerprint density at radius 3 is 1.63 bits per heavy atom. The molecule has 1 aliphatic rings. The molecule has 1 rings (SSSR count). The van der Waals surface area contributed by atoms with Gasteiger partial charge in [0.15, 0.2) is 22.9 Å². The Kier molecular flexibility index (Phi) is 7.95. The van der Waals surface area contributed by atoms with E-state index in [4.69, 9.17) is 18.3 Å². The minimum atomic E-state index is -2.17. The second-order valence-electron chi connectivity index (χ2n) is 10.6. The summed E-state index contributed by atoms with van der Waals surface area (Å²) in [6, 6.07) is 0. The van der Waals surface area contributed by atoms with E-state index in [0.29, 0.717) is 0 Å². The molecule has 0 saturated carbocycles. The molecular formula is C19H42O6Si2. The van der Waals surface area contributed by atoms with E-state index in [1.54, 1.807) is 7.11 Å². The Morgan fingerprint density at radius 2 is 1.30 bits per heavy atom. The third-order valence-corrected chi connectivity index (χ3v) is 15.4. The lowest BCUT2D eigenvalue weighted by Gasteiger charge is -2.44. The van der Waals surface area contributed by atoms with Crippen LogP contribution in [0.5, 0.6) is 0 Å². The maximum Gasteiger partial charge on any atom is 0.192 e. The fourth-order valence-corrected chi connectivity index (χ4v) is 5.13. The average molecular weight is 423 g/mol. The van der Waals surface area contributed by atoms with Crippen molar-refractivity contribution in [2.24, 2.45) is 0 Å². The first-order valence-corrected chi connectivity index (χ1v) is 15.6. The molecule has 162 valence electrons. The average Bonchev–Trinajstić information content (AvgIpc) is 2.81. The summed E-state index contributed by atoms with van der Waals surface area (Å²) >= 11 is 0. The van der Waals surface area contributed by atoms with E-state index >= 15 is 0 Å². The van der Waals surface area contributed by atoms with E-state index in [9.17, 15) is 10.2 Å². The van der Waals surface area contributed by atoms with Gasteiger partial charge in [0.1, 0.15) is 24.4 Å². The van der Waals surface area contributed by atoms with Crippen LogP contribution in [-0.4, -0.2) is 71.3 Å².